The van der Waals surface area contributed by atoms with Crippen LogP contribution in [0.2, 0.25) is 0 Å². The third kappa shape index (κ3) is 1.63. The van der Waals surface area contributed by atoms with Gasteiger partial charge in [-0.15, -0.1) is 6.42 Å². The Labute approximate surface area is 94.6 Å². The molecule has 0 saturated carbocycles. The summed E-state index contributed by atoms with van der Waals surface area (Å²) in [7, 11) is 1.51. The number of methoxy groups -OCH3 is 1. The van der Waals surface area contributed by atoms with Gasteiger partial charge in [-0.1, -0.05) is 5.92 Å². The number of fused-ring (bicyclic) bond motifs is 1. The van der Waals surface area contributed by atoms with Gasteiger partial charge in [0.05, 0.1) is 6.61 Å². The number of ether oxygens (including phenoxy) is 4. The lowest BCUT2D eigenvalue weighted by Crippen LogP contribution is -2.49. The Hall–Kier alpha value is -0.640. The topological polar surface area (TPSA) is 57.2 Å². The summed E-state index contributed by atoms with van der Waals surface area (Å²) >= 11 is 0. The van der Waals surface area contributed by atoms with E-state index in [1.165, 1.54) is 7.11 Å². The van der Waals surface area contributed by atoms with Crippen molar-refractivity contribution < 1.29 is 24.1 Å². The number of aliphatic hydroxyl groups is 1. The van der Waals surface area contributed by atoms with Crippen LogP contribution in [0.1, 0.15) is 13.8 Å². The Kier molecular flexibility index (Phi) is 2.73. The van der Waals surface area contributed by atoms with E-state index in [0.29, 0.717) is 0 Å². The van der Waals surface area contributed by atoms with Gasteiger partial charge in [-0.05, 0) is 13.8 Å². The van der Waals surface area contributed by atoms with Gasteiger partial charge >= 0.3 is 0 Å². The lowest BCUT2D eigenvalue weighted by molar-refractivity contribution is -0.226. The van der Waals surface area contributed by atoms with Crippen LogP contribution in [0.25, 0.3) is 0 Å². The van der Waals surface area contributed by atoms with Crippen molar-refractivity contribution in [1.82, 2.24) is 0 Å². The maximum Gasteiger partial charge on any atom is 0.191 e. The number of hydrogen-bond donors (Lipinski definition) is 1. The molecule has 0 aromatic heterocycles. The second kappa shape index (κ2) is 3.69. The molecule has 2 aliphatic heterocycles. The van der Waals surface area contributed by atoms with Crippen molar-refractivity contribution in [2.75, 3.05) is 13.7 Å². The molecule has 0 aliphatic carbocycles. The summed E-state index contributed by atoms with van der Waals surface area (Å²) in [6.45, 7) is 3.69. The zero-order valence-corrected chi connectivity index (χ0v) is 9.60. The second-order valence-electron chi connectivity index (χ2n) is 4.47. The predicted molar refractivity (Wildman–Crippen MR) is 54.4 cm³/mol. The van der Waals surface area contributed by atoms with Gasteiger partial charge in [0.2, 0.25) is 0 Å². The highest BCUT2D eigenvalue weighted by Crippen LogP contribution is 2.42. The summed E-state index contributed by atoms with van der Waals surface area (Å²) in [6.07, 6.45) is 3.42. The average Bonchev–Trinajstić information content (AvgIpc) is 2.62. The SMILES string of the molecule is C#C[C@]1(O)[C@@H](COC)O[C@@H]2OC(C)(C)O[C@@H]21. The van der Waals surface area contributed by atoms with Crippen molar-refractivity contribution in [2.45, 2.75) is 43.7 Å². The zero-order valence-electron chi connectivity index (χ0n) is 9.60. The van der Waals surface area contributed by atoms with E-state index in [1.807, 2.05) is 0 Å². The first kappa shape index (κ1) is 11.8. The Morgan fingerprint density at radius 2 is 2.12 bits per heavy atom. The molecule has 5 nitrogen and oxygen atoms in total. The lowest BCUT2D eigenvalue weighted by Gasteiger charge is -2.28. The zero-order chi connectivity index (χ0) is 12.0. The number of hydrogen-bond acceptors (Lipinski definition) is 5. The Morgan fingerprint density at radius 1 is 1.44 bits per heavy atom. The quantitative estimate of drug-likeness (QED) is 0.667. The van der Waals surface area contributed by atoms with Gasteiger partial charge in [0.25, 0.3) is 0 Å². The molecule has 2 rings (SSSR count). The third-order valence-electron chi connectivity index (χ3n) is 2.83. The van der Waals surface area contributed by atoms with Crippen molar-refractivity contribution >= 4 is 0 Å². The minimum absolute atomic E-state index is 0.195. The first-order chi connectivity index (χ1) is 7.43. The molecule has 2 saturated heterocycles. The van der Waals surface area contributed by atoms with Crippen LogP contribution >= 0.6 is 0 Å². The van der Waals surface area contributed by atoms with E-state index in [1.54, 1.807) is 13.8 Å². The fourth-order valence-electron chi connectivity index (χ4n) is 2.07. The van der Waals surface area contributed by atoms with Crippen LogP contribution in [-0.4, -0.2) is 48.7 Å². The molecular formula is C11H16O5. The van der Waals surface area contributed by atoms with Crippen LogP contribution in [0.15, 0.2) is 0 Å². The monoisotopic (exact) mass is 228 g/mol. The average molecular weight is 228 g/mol. The molecule has 0 bridgehead atoms. The molecule has 0 aromatic carbocycles. The van der Waals surface area contributed by atoms with Gasteiger partial charge in [-0.25, -0.2) is 0 Å². The van der Waals surface area contributed by atoms with Crippen LogP contribution in [0.5, 0.6) is 0 Å². The van der Waals surface area contributed by atoms with Crippen LogP contribution in [0.4, 0.5) is 0 Å². The van der Waals surface area contributed by atoms with E-state index < -0.39 is 29.9 Å². The van der Waals surface area contributed by atoms with Crippen LogP contribution < -0.4 is 0 Å². The van der Waals surface area contributed by atoms with Crippen LogP contribution in [0.3, 0.4) is 0 Å². The molecule has 0 spiro atoms. The maximum absolute atomic E-state index is 10.3. The minimum atomic E-state index is -1.51. The molecule has 0 amide bonds. The minimum Gasteiger partial charge on any atom is -0.382 e. The molecular weight excluding hydrogens is 212 g/mol. The number of rotatable bonds is 2. The fraction of sp³-hybridized carbons (Fsp3) is 0.818. The van der Waals surface area contributed by atoms with E-state index in [9.17, 15) is 5.11 Å². The number of terminal acetylenes is 1. The summed E-state index contributed by atoms with van der Waals surface area (Å²) in [5.74, 6) is 1.54. The molecule has 0 aromatic rings. The molecule has 4 atom stereocenters. The van der Waals surface area contributed by atoms with Crippen LogP contribution in [-0.2, 0) is 18.9 Å². The first-order valence-electron chi connectivity index (χ1n) is 5.13. The van der Waals surface area contributed by atoms with Gasteiger partial charge in [0.1, 0.15) is 6.10 Å². The summed E-state index contributed by atoms with van der Waals surface area (Å²) in [5, 5.41) is 10.3. The Morgan fingerprint density at radius 3 is 2.69 bits per heavy atom. The molecule has 2 heterocycles. The molecule has 2 aliphatic rings. The third-order valence-corrected chi connectivity index (χ3v) is 2.83. The van der Waals surface area contributed by atoms with Gasteiger partial charge in [0.15, 0.2) is 23.8 Å². The molecule has 2 fully saturated rings. The van der Waals surface area contributed by atoms with Gasteiger partial charge in [-0.2, -0.15) is 0 Å². The van der Waals surface area contributed by atoms with Crippen molar-refractivity contribution in [3.63, 3.8) is 0 Å². The predicted octanol–water partition coefficient (Wildman–Crippen LogP) is -0.127. The molecule has 1 N–H and O–H groups in total. The van der Waals surface area contributed by atoms with Gasteiger partial charge in [0, 0.05) is 7.11 Å². The highest BCUT2D eigenvalue weighted by Gasteiger charge is 2.62. The summed E-state index contributed by atoms with van der Waals surface area (Å²) in [4.78, 5) is 0. The largest absolute Gasteiger partial charge is 0.382 e. The molecule has 16 heavy (non-hydrogen) atoms. The van der Waals surface area contributed by atoms with E-state index in [2.05, 4.69) is 5.92 Å². The molecule has 90 valence electrons. The van der Waals surface area contributed by atoms with Crippen molar-refractivity contribution in [2.24, 2.45) is 0 Å². The van der Waals surface area contributed by atoms with Crippen LogP contribution in [0, 0.1) is 12.3 Å². The Balaban J connectivity index is 2.22. The summed E-state index contributed by atoms with van der Waals surface area (Å²) < 4.78 is 21.5. The van der Waals surface area contributed by atoms with Crippen molar-refractivity contribution in [3.05, 3.63) is 0 Å². The van der Waals surface area contributed by atoms with E-state index >= 15 is 0 Å². The van der Waals surface area contributed by atoms with E-state index in [-0.39, 0.29) is 6.61 Å². The van der Waals surface area contributed by atoms with Gasteiger partial charge in [-0.3, -0.25) is 0 Å². The van der Waals surface area contributed by atoms with E-state index in [0.717, 1.165) is 0 Å². The normalized spacial score (nSPS) is 45.3. The van der Waals surface area contributed by atoms with E-state index in [4.69, 9.17) is 25.4 Å². The lowest BCUT2D eigenvalue weighted by atomic mass is 9.94. The first-order valence-corrected chi connectivity index (χ1v) is 5.13. The summed E-state index contributed by atoms with van der Waals surface area (Å²) in [5.41, 5.74) is -1.51. The van der Waals surface area contributed by atoms with Crippen molar-refractivity contribution in [1.29, 1.82) is 0 Å². The van der Waals surface area contributed by atoms with Gasteiger partial charge < -0.3 is 24.1 Å². The smallest absolute Gasteiger partial charge is 0.191 e. The molecule has 0 radical (unpaired) electrons. The molecule has 5 heteroatoms. The Bertz CT molecular complexity index is 321. The summed E-state index contributed by atoms with van der Waals surface area (Å²) in [6, 6.07) is 0. The standard InChI is InChI=1S/C11H16O5/c1-5-11(12)7(6-13-4)14-9-8(11)15-10(2,3)16-9/h1,7-9,12H,6H2,2-4H3/t7-,8+,9-,11+/m1/s1. The molecule has 0 unspecified atom stereocenters. The second-order valence-corrected chi connectivity index (χ2v) is 4.47. The fourth-order valence-corrected chi connectivity index (χ4v) is 2.07. The highest BCUT2D eigenvalue weighted by molar-refractivity contribution is 5.21. The maximum atomic E-state index is 10.3. The highest BCUT2D eigenvalue weighted by atomic mass is 16.8. The van der Waals surface area contributed by atoms with Crippen molar-refractivity contribution in [3.8, 4) is 12.3 Å².